The number of hydrogen-bond acceptors (Lipinski definition) is 2. The molecule has 1 unspecified atom stereocenters. The van der Waals surface area contributed by atoms with E-state index >= 15 is 0 Å². The summed E-state index contributed by atoms with van der Waals surface area (Å²) in [5.41, 5.74) is 0.751. The second-order valence-electron chi connectivity index (χ2n) is 5.73. The van der Waals surface area contributed by atoms with E-state index in [4.69, 9.17) is 0 Å². The van der Waals surface area contributed by atoms with Gasteiger partial charge in [-0.25, -0.2) is 0 Å². The van der Waals surface area contributed by atoms with Crippen molar-refractivity contribution in [2.24, 2.45) is 5.41 Å². The number of amides is 1. The quantitative estimate of drug-likeness (QED) is 0.904. The number of carbonyl (C=O) groups is 2. The molecule has 1 amide bonds. The van der Waals surface area contributed by atoms with Gasteiger partial charge in [-0.05, 0) is 43.9 Å². The van der Waals surface area contributed by atoms with Gasteiger partial charge in [0.15, 0.2) is 0 Å². The van der Waals surface area contributed by atoms with Gasteiger partial charge in [-0.15, -0.1) is 0 Å². The first kappa shape index (κ1) is 16.0. The first-order valence-electron chi connectivity index (χ1n) is 7.18. The summed E-state index contributed by atoms with van der Waals surface area (Å²) in [4.78, 5) is 26.0. The monoisotopic (exact) mass is 353 g/mol. The molecule has 5 heteroatoms. The minimum Gasteiger partial charge on any atom is -0.481 e. The molecule has 1 aliphatic rings. The maximum Gasteiger partial charge on any atom is 0.311 e. The van der Waals surface area contributed by atoms with Crippen LogP contribution in [0.3, 0.4) is 0 Å². The summed E-state index contributed by atoms with van der Waals surface area (Å²) in [5.74, 6) is -0.874. The number of halogens is 1. The standard InChI is InChI=1S/C16H20BrNO3/c1-3-16(15(20)21)7-4-8-18(10-16)14(19)13-9-12(17)6-5-11(13)2/h5-6,9H,3-4,7-8,10H2,1-2H3,(H,20,21). The number of carbonyl (C=O) groups excluding carboxylic acids is 1. The van der Waals surface area contributed by atoms with Crippen molar-refractivity contribution in [3.05, 3.63) is 33.8 Å². The number of carboxylic acids is 1. The number of aryl methyl sites for hydroxylation is 1. The smallest absolute Gasteiger partial charge is 0.311 e. The first-order chi connectivity index (χ1) is 9.89. The molecule has 0 saturated carbocycles. The van der Waals surface area contributed by atoms with Crippen LogP contribution in [0.1, 0.15) is 42.1 Å². The summed E-state index contributed by atoms with van der Waals surface area (Å²) < 4.78 is 0.855. The van der Waals surface area contributed by atoms with Crippen molar-refractivity contribution in [1.82, 2.24) is 4.90 Å². The summed E-state index contributed by atoms with van der Waals surface area (Å²) >= 11 is 3.38. The van der Waals surface area contributed by atoms with Crippen LogP contribution >= 0.6 is 15.9 Å². The summed E-state index contributed by atoms with van der Waals surface area (Å²) in [6.07, 6.45) is 1.92. The molecule has 1 saturated heterocycles. The minimum atomic E-state index is -0.798. The number of benzene rings is 1. The van der Waals surface area contributed by atoms with Gasteiger partial charge in [-0.2, -0.15) is 0 Å². The molecular formula is C16H20BrNO3. The molecule has 0 spiro atoms. The maximum absolute atomic E-state index is 12.7. The molecule has 1 atom stereocenters. The van der Waals surface area contributed by atoms with E-state index in [-0.39, 0.29) is 5.91 Å². The zero-order valence-electron chi connectivity index (χ0n) is 12.4. The predicted molar refractivity (Wildman–Crippen MR) is 84.4 cm³/mol. The van der Waals surface area contributed by atoms with Gasteiger partial charge >= 0.3 is 5.97 Å². The molecular weight excluding hydrogens is 334 g/mol. The van der Waals surface area contributed by atoms with E-state index in [2.05, 4.69) is 15.9 Å². The number of piperidine rings is 1. The Labute approximate surface area is 133 Å². The van der Waals surface area contributed by atoms with Crippen LogP contribution in [0.25, 0.3) is 0 Å². The van der Waals surface area contributed by atoms with Gasteiger partial charge in [0.25, 0.3) is 5.91 Å². The highest BCUT2D eigenvalue weighted by Gasteiger charge is 2.42. The number of carboxylic acid groups (broad SMARTS) is 1. The molecule has 0 radical (unpaired) electrons. The normalized spacial score (nSPS) is 22.1. The van der Waals surface area contributed by atoms with E-state index in [0.29, 0.717) is 31.5 Å². The molecule has 0 aliphatic carbocycles. The van der Waals surface area contributed by atoms with Crippen molar-refractivity contribution in [2.45, 2.75) is 33.1 Å². The van der Waals surface area contributed by atoms with Gasteiger partial charge < -0.3 is 10.0 Å². The van der Waals surface area contributed by atoms with Gasteiger partial charge in [0.1, 0.15) is 0 Å². The van der Waals surface area contributed by atoms with E-state index < -0.39 is 11.4 Å². The molecule has 1 fully saturated rings. The Kier molecular flexibility index (Phi) is 4.71. The molecule has 4 nitrogen and oxygen atoms in total. The van der Waals surface area contributed by atoms with Crippen LogP contribution in [0.4, 0.5) is 0 Å². The van der Waals surface area contributed by atoms with Crippen LogP contribution in [-0.4, -0.2) is 35.0 Å². The minimum absolute atomic E-state index is 0.0763. The summed E-state index contributed by atoms with van der Waals surface area (Å²) in [5, 5.41) is 9.51. The van der Waals surface area contributed by atoms with Gasteiger partial charge in [0.2, 0.25) is 0 Å². The fraction of sp³-hybridized carbons (Fsp3) is 0.500. The van der Waals surface area contributed by atoms with E-state index in [9.17, 15) is 14.7 Å². The van der Waals surface area contributed by atoms with Crippen LogP contribution in [0.15, 0.2) is 22.7 Å². The highest BCUT2D eigenvalue weighted by molar-refractivity contribution is 9.10. The lowest BCUT2D eigenvalue weighted by Gasteiger charge is -2.39. The van der Waals surface area contributed by atoms with Crippen LogP contribution < -0.4 is 0 Å². The summed E-state index contributed by atoms with van der Waals surface area (Å²) in [7, 11) is 0. The number of aliphatic carboxylic acids is 1. The van der Waals surface area contributed by atoms with Gasteiger partial charge in [0.05, 0.1) is 5.41 Å². The lowest BCUT2D eigenvalue weighted by molar-refractivity contribution is -0.152. The Morgan fingerprint density at radius 1 is 1.43 bits per heavy atom. The molecule has 0 bridgehead atoms. The molecule has 1 N–H and O–H groups in total. The molecule has 21 heavy (non-hydrogen) atoms. The van der Waals surface area contributed by atoms with Gasteiger partial charge in [-0.1, -0.05) is 28.9 Å². The highest BCUT2D eigenvalue weighted by atomic mass is 79.9. The zero-order valence-corrected chi connectivity index (χ0v) is 13.9. The summed E-state index contributed by atoms with van der Waals surface area (Å²) in [6.45, 7) is 4.70. The lowest BCUT2D eigenvalue weighted by atomic mass is 9.77. The number of likely N-dealkylation sites (tertiary alicyclic amines) is 1. The molecule has 0 aromatic heterocycles. The SMILES string of the molecule is CCC1(C(=O)O)CCCN(C(=O)c2cc(Br)ccc2C)C1. The summed E-state index contributed by atoms with van der Waals surface area (Å²) in [6, 6.07) is 5.60. The van der Waals surface area contributed by atoms with Crippen molar-refractivity contribution >= 4 is 27.8 Å². The average Bonchev–Trinajstić information content (AvgIpc) is 2.48. The maximum atomic E-state index is 12.7. The average molecular weight is 354 g/mol. The van der Waals surface area contributed by atoms with Crippen molar-refractivity contribution in [1.29, 1.82) is 0 Å². The Morgan fingerprint density at radius 3 is 2.76 bits per heavy atom. The molecule has 2 rings (SSSR count). The van der Waals surface area contributed by atoms with Crippen molar-refractivity contribution < 1.29 is 14.7 Å². The molecule has 114 valence electrons. The van der Waals surface area contributed by atoms with E-state index in [1.165, 1.54) is 0 Å². The van der Waals surface area contributed by atoms with E-state index in [0.717, 1.165) is 16.5 Å². The third-order valence-electron chi connectivity index (χ3n) is 4.42. The Morgan fingerprint density at radius 2 is 2.14 bits per heavy atom. The first-order valence-corrected chi connectivity index (χ1v) is 7.98. The van der Waals surface area contributed by atoms with Crippen LogP contribution in [0.5, 0.6) is 0 Å². The van der Waals surface area contributed by atoms with Crippen LogP contribution in [0.2, 0.25) is 0 Å². The van der Waals surface area contributed by atoms with Crippen molar-refractivity contribution in [2.75, 3.05) is 13.1 Å². The zero-order chi connectivity index (χ0) is 15.6. The fourth-order valence-electron chi connectivity index (χ4n) is 2.91. The molecule has 1 aromatic carbocycles. The number of hydrogen-bond donors (Lipinski definition) is 1. The third-order valence-corrected chi connectivity index (χ3v) is 4.92. The molecule has 1 aliphatic heterocycles. The second-order valence-corrected chi connectivity index (χ2v) is 6.64. The molecule has 1 heterocycles. The third kappa shape index (κ3) is 3.12. The second kappa shape index (κ2) is 6.18. The molecule has 1 aromatic rings. The van der Waals surface area contributed by atoms with Gasteiger partial charge in [-0.3, -0.25) is 9.59 Å². The number of rotatable bonds is 3. The predicted octanol–water partition coefficient (Wildman–Crippen LogP) is 3.47. The Bertz CT molecular complexity index is 573. The van der Waals surface area contributed by atoms with Crippen LogP contribution in [-0.2, 0) is 4.79 Å². The van der Waals surface area contributed by atoms with Crippen LogP contribution in [0, 0.1) is 12.3 Å². The van der Waals surface area contributed by atoms with Crippen molar-refractivity contribution in [3.8, 4) is 0 Å². The van der Waals surface area contributed by atoms with Crippen molar-refractivity contribution in [3.63, 3.8) is 0 Å². The number of nitrogens with zero attached hydrogens (tertiary/aromatic N) is 1. The fourth-order valence-corrected chi connectivity index (χ4v) is 3.28. The Hall–Kier alpha value is -1.36. The lowest BCUT2D eigenvalue weighted by Crippen LogP contribution is -2.49. The topological polar surface area (TPSA) is 57.6 Å². The largest absolute Gasteiger partial charge is 0.481 e. The highest BCUT2D eigenvalue weighted by Crippen LogP contribution is 2.34. The van der Waals surface area contributed by atoms with Gasteiger partial charge in [0, 0.05) is 23.1 Å². The Balaban J connectivity index is 2.27. The van der Waals surface area contributed by atoms with E-state index in [1.807, 2.05) is 26.0 Å². The van der Waals surface area contributed by atoms with E-state index in [1.54, 1.807) is 11.0 Å².